The standard InChI is InChI=1S/C20H27N3O2/c1-16-6-4-5-7-19(16)23-12-10-22(11-13-23)15-20(24)21(3)14-18-9-8-17(2)25-18/h4-9H,10-15H2,1-3H3. The van der Waals surface area contributed by atoms with Crippen molar-refractivity contribution < 1.29 is 9.21 Å². The Labute approximate surface area is 149 Å². The lowest BCUT2D eigenvalue weighted by molar-refractivity contribution is -0.132. The van der Waals surface area contributed by atoms with E-state index in [-0.39, 0.29) is 5.91 Å². The summed E-state index contributed by atoms with van der Waals surface area (Å²) >= 11 is 0. The first-order chi connectivity index (χ1) is 12.0. The van der Waals surface area contributed by atoms with Crippen molar-refractivity contribution in [2.75, 3.05) is 44.7 Å². The molecule has 3 rings (SSSR count). The average molecular weight is 341 g/mol. The van der Waals surface area contributed by atoms with Gasteiger partial charge in [0.25, 0.3) is 0 Å². The van der Waals surface area contributed by atoms with Crippen LogP contribution in [-0.2, 0) is 11.3 Å². The van der Waals surface area contributed by atoms with Crippen LogP contribution in [0.5, 0.6) is 0 Å². The first-order valence-corrected chi connectivity index (χ1v) is 8.85. The maximum atomic E-state index is 12.5. The molecule has 0 aliphatic carbocycles. The minimum Gasteiger partial charge on any atom is -0.464 e. The second-order valence-electron chi connectivity index (χ2n) is 6.81. The van der Waals surface area contributed by atoms with E-state index in [4.69, 9.17) is 4.42 Å². The summed E-state index contributed by atoms with van der Waals surface area (Å²) in [5, 5.41) is 0. The zero-order valence-corrected chi connectivity index (χ0v) is 15.4. The molecule has 25 heavy (non-hydrogen) atoms. The highest BCUT2D eigenvalue weighted by Crippen LogP contribution is 2.20. The van der Waals surface area contributed by atoms with Gasteiger partial charge < -0.3 is 14.2 Å². The molecule has 0 radical (unpaired) electrons. The summed E-state index contributed by atoms with van der Waals surface area (Å²) < 4.78 is 5.55. The fourth-order valence-corrected chi connectivity index (χ4v) is 3.27. The Morgan fingerprint density at radius 3 is 2.44 bits per heavy atom. The molecule has 1 aromatic carbocycles. The number of piperazine rings is 1. The van der Waals surface area contributed by atoms with Gasteiger partial charge in [-0.25, -0.2) is 0 Å². The number of para-hydroxylation sites is 1. The third kappa shape index (κ3) is 4.42. The molecule has 1 amide bonds. The largest absolute Gasteiger partial charge is 0.464 e. The van der Waals surface area contributed by atoms with Gasteiger partial charge in [0.15, 0.2) is 0 Å². The van der Waals surface area contributed by atoms with E-state index in [0.29, 0.717) is 13.1 Å². The number of furan rings is 1. The van der Waals surface area contributed by atoms with Gasteiger partial charge in [-0.2, -0.15) is 0 Å². The highest BCUT2D eigenvalue weighted by atomic mass is 16.3. The molecule has 1 aromatic heterocycles. The zero-order chi connectivity index (χ0) is 17.8. The van der Waals surface area contributed by atoms with E-state index in [9.17, 15) is 4.79 Å². The molecule has 0 atom stereocenters. The number of rotatable bonds is 5. The maximum Gasteiger partial charge on any atom is 0.236 e. The van der Waals surface area contributed by atoms with Crippen LogP contribution >= 0.6 is 0 Å². The topological polar surface area (TPSA) is 39.9 Å². The predicted octanol–water partition coefficient (Wildman–Crippen LogP) is 2.68. The number of anilines is 1. The highest BCUT2D eigenvalue weighted by Gasteiger charge is 2.21. The van der Waals surface area contributed by atoms with Crippen LogP contribution < -0.4 is 4.90 Å². The van der Waals surface area contributed by atoms with Gasteiger partial charge in [0.05, 0.1) is 13.1 Å². The highest BCUT2D eigenvalue weighted by molar-refractivity contribution is 5.78. The van der Waals surface area contributed by atoms with E-state index in [2.05, 4.69) is 41.0 Å². The zero-order valence-electron chi connectivity index (χ0n) is 15.4. The summed E-state index contributed by atoms with van der Waals surface area (Å²) in [6.07, 6.45) is 0. The fourth-order valence-electron chi connectivity index (χ4n) is 3.27. The first-order valence-electron chi connectivity index (χ1n) is 8.85. The van der Waals surface area contributed by atoms with Crippen LogP contribution in [0.4, 0.5) is 5.69 Å². The number of nitrogens with zero attached hydrogens (tertiary/aromatic N) is 3. The molecular weight excluding hydrogens is 314 g/mol. The van der Waals surface area contributed by atoms with E-state index < -0.39 is 0 Å². The molecule has 0 unspecified atom stereocenters. The van der Waals surface area contributed by atoms with E-state index in [0.717, 1.165) is 37.7 Å². The summed E-state index contributed by atoms with van der Waals surface area (Å²) in [4.78, 5) is 18.8. The summed E-state index contributed by atoms with van der Waals surface area (Å²) in [5.74, 6) is 1.85. The van der Waals surface area contributed by atoms with Crippen LogP contribution in [-0.4, -0.2) is 55.5 Å². The quantitative estimate of drug-likeness (QED) is 0.838. The number of likely N-dealkylation sites (N-methyl/N-ethyl adjacent to an activating group) is 1. The Balaban J connectivity index is 1.48. The van der Waals surface area contributed by atoms with Crippen molar-refractivity contribution in [3.8, 4) is 0 Å². The molecule has 5 heteroatoms. The Bertz CT molecular complexity index is 717. The lowest BCUT2D eigenvalue weighted by atomic mass is 10.1. The van der Waals surface area contributed by atoms with Gasteiger partial charge >= 0.3 is 0 Å². The minimum atomic E-state index is 0.137. The maximum absolute atomic E-state index is 12.5. The molecule has 2 aromatic rings. The molecule has 5 nitrogen and oxygen atoms in total. The van der Waals surface area contributed by atoms with E-state index in [1.54, 1.807) is 4.90 Å². The number of hydrogen-bond donors (Lipinski definition) is 0. The summed E-state index contributed by atoms with van der Waals surface area (Å²) in [6, 6.07) is 12.3. The molecule has 1 aliphatic rings. The summed E-state index contributed by atoms with van der Waals surface area (Å²) in [7, 11) is 1.84. The van der Waals surface area contributed by atoms with E-state index in [1.165, 1.54) is 11.3 Å². The lowest BCUT2D eigenvalue weighted by Gasteiger charge is -2.37. The van der Waals surface area contributed by atoms with Gasteiger partial charge in [-0.05, 0) is 37.6 Å². The average Bonchev–Trinajstić information content (AvgIpc) is 3.01. The number of carbonyl (C=O) groups is 1. The van der Waals surface area contributed by atoms with Crippen molar-refractivity contribution >= 4 is 11.6 Å². The van der Waals surface area contributed by atoms with Gasteiger partial charge in [-0.1, -0.05) is 18.2 Å². The molecular formula is C20H27N3O2. The lowest BCUT2D eigenvalue weighted by Crippen LogP contribution is -2.49. The van der Waals surface area contributed by atoms with Gasteiger partial charge in [0.2, 0.25) is 5.91 Å². The van der Waals surface area contributed by atoms with Gasteiger partial charge in [0, 0.05) is 38.9 Å². The smallest absolute Gasteiger partial charge is 0.236 e. The third-order valence-electron chi connectivity index (χ3n) is 4.80. The Hall–Kier alpha value is -2.27. The van der Waals surface area contributed by atoms with Crippen LogP contribution in [0.2, 0.25) is 0 Å². The fraction of sp³-hybridized carbons (Fsp3) is 0.450. The van der Waals surface area contributed by atoms with Gasteiger partial charge in [-0.15, -0.1) is 0 Å². The number of amides is 1. The minimum absolute atomic E-state index is 0.137. The predicted molar refractivity (Wildman–Crippen MR) is 99.8 cm³/mol. The van der Waals surface area contributed by atoms with Crippen molar-refractivity contribution in [2.24, 2.45) is 0 Å². The molecule has 1 saturated heterocycles. The van der Waals surface area contributed by atoms with Crippen molar-refractivity contribution in [2.45, 2.75) is 20.4 Å². The summed E-state index contributed by atoms with van der Waals surface area (Å²) in [5.41, 5.74) is 2.61. The van der Waals surface area contributed by atoms with Crippen LogP contribution in [0.1, 0.15) is 17.1 Å². The van der Waals surface area contributed by atoms with Crippen molar-refractivity contribution in [3.05, 3.63) is 53.5 Å². The third-order valence-corrected chi connectivity index (χ3v) is 4.80. The molecule has 1 fully saturated rings. The normalized spacial score (nSPS) is 15.4. The number of aryl methyl sites for hydroxylation is 2. The molecule has 0 N–H and O–H groups in total. The van der Waals surface area contributed by atoms with Crippen molar-refractivity contribution in [1.82, 2.24) is 9.80 Å². The Morgan fingerprint density at radius 1 is 1.08 bits per heavy atom. The second-order valence-corrected chi connectivity index (χ2v) is 6.81. The number of benzene rings is 1. The van der Waals surface area contributed by atoms with Crippen LogP contribution in [0, 0.1) is 13.8 Å². The van der Waals surface area contributed by atoms with Crippen LogP contribution in [0.15, 0.2) is 40.8 Å². The molecule has 2 heterocycles. The second kappa shape index (κ2) is 7.74. The molecule has 0 saturated carbocycles. The monoisotopic (exact) mass is 341 g/mol. The SMILES string of the molecule is Cc1ccc(CN(C)C(=O)CN2CCN(c3ccccc3C)CC2)o1. The summed E-state index contributed by atoms with van der Waals surface area (Å²) in [6.45, 7) is 8.80. The van der Waals surface area contributed by atoms with Gasteiger partial charge in [0.1, 0.15) is 11.5 Å². The van der Waals surface area contributed by atoms with Crippen molar-refractivity contribution in [1.29, 1.82) is 0 Å². The molecule has 1 aliphatic heterocycles. The number of hydrogen-bond acceptors (Lipinski definition) is 4. The van der Waals surface area contributed by atoms with Crippen molar-refractivity contribution in [3.63, 3.8) is 0 Å². The molecule has 134 valence electrons. The van der Waals surface area contributed by atoms with Crippen LogP contribution in [0.3, 0.4) is 0 Å². The molecule has 0 spiro atoms. The Morgan fingerprint density at radius 2 is 1.80 bits per heavy atom. The Kier molecular flexibility index (Phi) is 5.43. The van der Waals surface area contributed by atoms with Crippen LogP contribution in [0.25, 0.3) is 0 Å². The van der Waals surface area contributed by atoms with E-state index >= 15 is 0 Å². The van der Waals surface area contributed by atoms with Gasteiger partial charge in [-0.3, -0.25) is 9.69 Å². The molecule has 0 bridgehead atoms. The van der Waals surface area contributed by atoms with E-state index in [1.807, 2.05) is 26.1 Å². The first kappa shape index (κ1) is 17.5. The number of carbonyl (C=O) groups excluding carboxylic acids is 1.